The number of benzene rings is 1. The summed E-state index contributed by atoms with van der Waals surface area (Å²) in [7, 11) is 0. The third-order valence-corrected chi connectivity index (χ3v) is 4.86. The lowest BCUT2D eigenvalue weighted by atomic mass is 10.0. The first kappa shape index (κ1) is 18.3. The molecule has 0 unspecified atom stereocenters. The highest BCUT2D eigenvalue weighted by molar-refractivity contribution is 5.95. The number of hydrogen-bond acceptors (Lipinski definition) is 4. The van der Waals surface area contributed by atoms with Crippen LogP contribution in [-0.4, -0.2) is 38.5 Å². The van der Waals surface area contributed by atoms with Gasteiger partial charge in [0.15, 0.2) is 5.65 Å². The van der Waals surface area contributed by atoms with Gasteiger partial charge in [-0.2, -0.15) is 18.2 Å². The van der Waals surface area contributed by atoms with Crippen molar-refractivity contribution in [3.63, 3.8) is 0 Å². The third-order valence-electron chi connectivity index (χ3n) is 4.86. The Labute approximate surface area is 158 Å². The first-order chi connectivity index (χ1) is 13.3. The van der Waals surface area contributed by atoms with E-state index in [1.165, 1.54) is 0 Å². The van der Waals surface area contributed by atoms with E-state index in [0.717, 1.165) is 49.1 Å². The van der Waals surface area contributed by atoms with Crippen molar-refractivity contribution >= 4 is 17.5 Å². The predicted molar refractivity (Wildman–Crippen MR) is 97.6 cm³/mol. The predicted octanol–water partition coefficient (Wildman–Crippen LogP) is 3.62. The third kappa shape index (κ3) is 3.39. The van der Waals surface area contributed by atoms with Gasteiger partial charge in [-0.15, -0.1) is 5.10 Å². The van der Waals surface area contributed by atoms with Crippen molar-refractivity contribution in [2.75, 3.05) is 18.8 Å². The number of pyridine rings is 1. The number of alkyl halides is 3. The smallest absolute Gasteiger partial charge is 0.366 e. The van der Waals surface area contributed by atoms with Crippen molar-refractivity contribution in [1.82, 2.24) is 19.5 Å². The minimum atomic E-state index is -4.53. The SMILES string of the molecule is Nc1nc2c(-c3ccc(C(=O)N4CCCCC4)cc3)cc(C(F)(F)F)cn2n1. The molecule has 28 heavy (non-hydrogen) atoms. The van der Waals surface area contributed by atoms with Crippen LogP contribution in [0.3, 0.4) is 0 Å². The van der Waals surface area contributed by atoms with E-state index in [4.69, 9.17) is 5.73 Å². The molecule has 0 radical (unpaired) electrons. The Hall–Kier alpha value is -3.10. The summed E-state index contributed by atoms with van der Waals surface area (Å²) in [6, 6.07) is 7.52. The molecule has 1 aromatic carbocycles. The maximum atomic E-state index is 13.3. The standard InChI is InChI=1S/C19H18F3N5O/c20-19(21,22)14-10-15(16-24-18(23)25-27(16)11-14)12-4-6-13(7-5-12)17(28)26-8-2-1-3-9-26/h4-7,10-11H,1-3,8-9H2,(H2,23,25). The molecule has 0 saturated carbocycles. The zero-order valence-corrected chi connectivity index (χ0v) is 14.9. The van der Waals surface area contributed by atoms with Gasteiger partial charge < -0.3 is 10.6 Å². The van der Waals surface area contributed by atoms with Crippen LogP contribution in [-0.2, 0) is 6.18 Å². The number of anilines is 1. The van der Waals surface area contributed by atoms with Crippen molar-refractivity contribution in [2.24, 2.45) is 0 Å². The van der Waals surface area contributed by atoms with Crippen LogP contribution in [0.15, 0.2) is 36.5 Å². The molecule has 2 aromatic heterocycles. The summed E-state index contributed by atoms with van der Waals surface area (Å²) in [6.07, 6.45) is -0.583. The number of nitrogen functional groups attached to an aromatic ring is 1. The van der Waals surface area contributed by atoms with Crippen molar-refractivity contribution in [3.05, 3.63) is 47.7 Å². The lowest BCUT2D eigenvalue weighted by Gasteiger charge is -2.26. The average Bonchev–Trinajstić information content (AvgIpc) is 3.07. The molecule has 3 heterocycles. The molecule has 2 N–H and O–H groups in total. The normalized spacial score (nSPS) is 15.2. The van der Waals surface area contributed by atoms with Crippen LogP contribution in [0.2, 0.25) is 0 Å². The second kappa shape index (κ2) is 6.81. The van der Waals surface area contributed by atoms with Gasteiger partial charge in [-0.05, 0) is 43.0 Å². The van der Waals surface area contributed by atoms with E-state index in [1.54, 1.807) is 29.2 Å². The molecule has 9 heteroatoms. The zero-order valence-electron chi connectivity index (χ0n) is 14.9. The van der Waals surface area contributed by atoms with Gasteiger partial charge in [0, 0.05) is 30.4 Å². The Morgan fingerprint density at radius 3 is 2.39 bits per heavy atom. The maximum Gasteiger partial charge on any atom is 0.417 e. The number of aromatic nitrogens is 3. The highest BCUT2D eigenvalue weighted by atomic mass is 19.4. The first-order valence-electron chi connectivity index (χ1n) is 8.96. The molecule has 1 fully saturated rings. The fourth-order valence-electron chi connectivity index (χ4n) is 3.44. The summed E-state index contributed by atoms with van der Waals surface area (Å²) in [6.45, 7) is 1.46. The number of nitrogens with two attached hydrogens (primary N) is 1. The zero-order chi connectivity index (χ0) is 19.9. The van der Waals surface area contributed by atoms with E-state index < -0.39 is 11.7 Å². The minimum Gasteiger partial charge on any atom is -0.366 e. The fraction of sp³-hybridized carbons (Fsp3) is 0.316. The molecule has 1 amide bonds. The first-order valence-corrected chi connectivity index (χ1v) is 8.96. The summed E-state index contributed by atoms with van der Waals surface area (Å²) >= 11 is 0. The molecule has 0 bridgehead atoms. The Kier molecular flexibility index (Phi) is 4.44. The van der Waals surface area contributed by atoms with E-state index >= 15 is 0 Å². The Morgan fingerprint density at radius 1 is 1.07 bits per heavy atom. The fourth-order valence-corrected chi connectivity index (χ4v) is 3.44. The second-order valence-corrected chi connectivity index (χ2v) is 6.81. The summed E-state index contributed by atoms with van der Waals surface area (Å²) < 4.78 is 40.8. The van der Waals surface area contributed by atoms with Crippen LogP contribution in [0, 0.1) is 0 Å². The molecule has 0 atom stereocenters. The van der Waals surface area contributed by atoms with Crippen LogP contribution >= 0.6 is 0 Å². The molecule has 4 rings (SSSR count). The summed E-state index contributed by atoms with van der Waals surface area (Å²) in [5, 5.41) is 3.80. The van der Waals surface area contributed by atoms with Crippen molar-refractivity contribution in [2.45, 2.75) is 25.4 Å². The van der Waals surface area contributed by atoms with Crippen LogP contribution in [0.25, 0.3) is 16.8 Å². The highest BCUT2D eigenvalue weighted by Gasteiger charge is 2.32. The van der Waals surface area contributed by atoms with Gasteiger partial charge in [0.05, 0.1) is 5.56 Å². The Morgan fingerprint density at radius 2 is 1.75 bits per heavy atom. The number of likely N-dealkylation sites (tertiary alicyclic amines) is 1. The number of rotatable bonds is 2. The number of carbonyl (C=O) groups is 1. The van der Waals surface area contributed by atoms with E-state index in [2.05, 4.69) is 10.1 Å². The van der Waals surface area contributed by atoms with Gasteiger partial charge >= 0.3 is 6.18 Å². The molecule has 1 aliphatic heterocycles. The minimum absolute atomic E-state index is 0.0628. The number of hydrogen-bond donors (Lipinski definition) is 1. The number of amides is 1. The molecular formula is C19H18F3N5O. The van der Waals surface area contributed by atoms with Crippen molar-refractivity contribution in [3.8, 4) is 11.1 Å². The largest absolute Gasteiger partial charge is 0.417 e. The summed E-state index contributed by atoms with van der Waals surface area (Å²) in [5.74, 6) is -0.176. The summed E-state index contributed by atoms with van der Waals surface area (Å²) in [4.78, 5) is 18.4. The van der Waals surface area contributed by atoms with Gasteiger partial charge in [0.1, 0.15) is 0 Å². The maximum absolute atomic E-state index is 13.3. The Bertz CT molecular complexity index is 1020. The lowest BCUT2D eigenvalue weighted by molar-refractivity contribution is -0.137. The van der Waals surface area contributed by atoms with E-state index in [0.29, 0.717) is 11.1 Å². The monoisotopic (exact) mass is 389 g/mol. The lowest BCUT2D eigenvalue weighted by Crippen LogP contribution is -2.35. The number of halogens is 3. The van der Waals surface area contributed by atoms with E-state index in [1.807, 2.05) is 0 Å². The molecule has 1 saturated heterocycles. The molecule has 0 aliphatic carbocycles. The number of piperidine rings is 1. The van der Waals surface area contributed by atoms with Gasteiger partial charge in [0.2, 0.25) is 5.95 Å². The molecule has 0 spiro atoms. The molecule has 6 nitrogen and oxygen atoms in total. The molecule has 146 valence electrons. The second-order valence-electron chi connectivity index (χ2n) is 6.81. The average molecular weight is 389 g/mol. The summed E-state index contributed by atoms with van der Waals surface area (Å²) in [5.41, 5.74) is 6.19. The van der Waals surface area contributed by atoms with Gasteiger partial charge in [-0.3, -0.25) is 4.79 Å². The van der Waals surface area contributed by atoms with Crippen molar-refractivity contribution in [1.29, 1.82) is 0 Å². The quantitative estimate of drug-likeness (QED) is 0.726. The van der Waals surface area contributed by atoms with Gasteiger partial charge in [-0.1, -0.05) is 12.1 Å². The topological polar surface area (TPSA) is 76.5 Å². The van der Waals surface area contributed by atoms with Crippen LogP contribution < -0.4 is 5.73 Å². The number of nitrogens with zero attached hydrogens (tertiary/aromatic N) is 4. The van der Waals surface area contributed by atoms with Crippen molar-refractivity contribution < 1.29 is 18.0 Å². The van der Waals surface area contributed by atoms with Crippen LogP contribution in [0.5, 0.6) is 0 Å². The van der Waals surface area contributed by atoms with Crippen LogP contribution in [0.4, 0.5) is 19.1 Å². The van der Waals surface area contributed by atoms with Crippen LogP contribution in [0.1, 0.15) is 35.2 Å². The molecule has 1 aliphatic rings. The number of fused-ring (bicyclic) bond motifs is 1. The van der Waals surface area contributed by atoms with E-state index in [-0.39, 0.29) is 23.1 Å². The molecule has 3 aromatic rings. The highest BCUT2D eigenvalue weighted by Crippen LogP contribution is 2.34. The van der Waals surface area contributed by atoms with E-state index in [9.17, 15) is 18.0 Å². The number of carbonyl (C=O) groups excluding carboxylic acids is 1. The molecular weight excluding hydrogens is 371 g/mol. The van der Waals surface area contributed by atoms with Gasteiger partial charge in [0.25, 0.3) is 5.91 Å². The van der Waals surface area contributed by atoms with Gasteiger partial charge in [-0.25, -0.2) is 4.52 Å². The Balaban J connectivity index is 1.72.